The Bertz CT molecular complexity index is 3470. The molecule has 0 unspecified atom stereocenters. The molecule has 0 aromatic heterocycles. The molecule has 12 rings (SSSR count). The molecule has 0 atom stereocenters. The van der Waals surface area contributed by atoms with Crippen molar-refractivity contribution in [3.63, 3.8) is 0 Å². The van der Waals surface area contributed by atoms with Crippen LogP contribution in [0.4, 0.5) is 0 Å². The lowest BCUT2D eigenvalue weighted by atomic mass is 9.81. The van der Waals surface area contributed by atoms with E-state index >= 15 is 0 Å². The van der Waals surface area contributed by atoms with Crippen LogP contribution in [0.15, 0.2) is 218 Å². The van der Waals surface area contributed by atoms with Crippen molar-refractivity contribution >= 4 is 43.1 Å². The average Bonchev–Trinajstić information content (AvgIpc) is 3.55. The Morgan fingerprint density at radius 1 is 0.246 bits per heavy atom. The minimum Gasteiger partial charge on any atom is -0.0622 e. The Balaban J connectivity index is 0.991. The molecule has 1 aliphatic carbocycles. The van der Waals surface area contributed by atoms with Crippen LogP contribution in [-0.2, 0) is 5.41 Å². The highest BCUT2D eigenvalue weighted by Crippen LogP contribution is 2.51. The normalized spacial score (nSPS) is 12.9. The third kappa shape index (κ3) is 5.53. The van der Waals surface area contributed by atoms with E-state index in [1.807, 2.05) is 0 Å². The highest BCUT2D eigenvalue weighted by Gasteiger charge is 2.35. The first-order valence-electron chi connectivity index (χ1n) is 21.4. The summed E-state index contributed by atoms with van der Waals surface area (Å²) in [5.74, 6) is 0. The van der Waals surface area contributed by atoms with Crippen LogP contribution in [0.1, 0.15) is 25.0 Å². The summed E-state index contributed by atoms with van der Waals surface area (Å²) >= 11 is 0. The third-order valence-electron chi connectivity index (χ3n) is 13.5. The van der Waals surface area contributed by atoms with Crippen molar-refractivity contribution < 1.29 is 0 Å². The van der Waals surface area contributed by atoms with E-state index < -0.39 is 0 Å². The zero-order valence-corrected chi connectivity index (χ0v) is 34.3. The zero-order valence-electron chi connectivity index (χ0n) is 34.3. The van der Waals surface area contributed by atoms with Gasteiger partial charge in [-0.25, -0.2) is 0 Å². The van der Waals surface area contributed by atoms with Gasteiger partial charge in [0.05, 0.1) is 0 Å². The van der Waals surface area contributed by atoms with Gasteiger partial charge >= 0.3 is 0 Å². The third-order valence-corrected chi connectivity index (χ3v) is 13.5. The van der Waals surface area contributed by atoms with Gasteiger partial charge in [-0.1, -0.05) is 214 Å². The molecule has 61 heavy (non-hydrogen) atoms. The largest absolute Gasteiger partial charge is 0.0622 e. The first kappa shape index (κ1) is 35.4. The van der Waals surface area contributed by atoms with Gasteiger partial charge in [0.15, 0.2) is 0 Å². The van der Waals surface area contributed by atoms with Gasteiger partial charge in [0, 0.05) is 5.41 Å². The molecular weight excluding hydrogens is 733 g/mol. The van der Waals surface area contributed by atoms with Gasteiger partial charge in [0.25, 0.3) is 0 Å². The lowest BCUT2D eigenvalue weighted by Crippen LogP contribution is -2.14. The minimum absolute atomic E-state index is 0.0437. The van der Waals surface area contributed by atoms with Gasteiger partial charge in [-0.15, -0.1) is 0 Å². The summed E-state index contributed by atoms with van der Waals surface area (Å²) < 4.78 is 0. The molecule has 11 aromatic rings. The van der Waals surface area contributed by atoms with Crippen LogP contribution in [-0.4, -0.2) is 0 Å². The van der Waals surface area contributed by atoms with Gasteiger partial charge in [-0.3, -0.25) is 0 Å². The second-order valence-corrected chi connectivity index (χ2v) is 17.2. The van der Waals surface area contributed by atoms with Crippen molar-refractivity contribution in [1.82, 2.24) is 0 Å². The molecule has 0 saturated carbocycles. The zero-order chi connectivity index (χ0) is 40.7. The van der Waals surface area contributed by atoms with Crippen molar-refractivity contribution in [1.29, 1.82) is 0 Å². The van der Waals surface area contributed by atoms with Crippen molar-refractivity contribution in [2.45, 2.75) is 19.3 Å². The monoisotopic (exact) mass is 774 g/mol. The molecule has 286 valence electrons. The molecule has 1 aliphatic rings. The Labute approximate surface area is 357 Å². The highest BCUT2D eigenvalue weighted by atomic mass is 14.4. The number of rotatable bonds is 5. The summed E-state index contributed by atoms with van der Waals surface area (Å²) in [6, 6.07) is 81.2. The molecule has 0 fully saturated rings. The smallest absolute Gasteiger partial charge is 0.0159 e. The van der Waals surface area contributed by atoms with Crippen molar-refractivity contribution in [2.24, 2.45) is 0 Å². The van der Waals surface area contributed by atoms with Gasteiger partial charge in [-0.05, 0) is 139 Å². The van der Waals surface area contributed by atoms with E-state index in [-0.39, 0.29) is 5.41 Å². The molecule has 0 bridgehead atoms. The first-order valence-corrected chi connectivity index (χ1v) is 21.4. The summed E-state index contributed by atoms with van der Waals surface area (Å²) in [5, 5.41) is 10.1. The SMILES string of the molecule is CC1(C)c2ccccc2-c2ccc(-c3ccc(-c4ccc(-c5c6ccccc6c(-c6cc7ccccc7cc6-c6ccccc6)c6ccccc56)cc4)c4ccccc34)cc21. The number of fused-ring (bicyclic) bond motifs is 7. The van der Waals surface area contributed by atoms with Crippen molar-refractivity contribution in [3.8, 4) is 66.8 Å². The standard InChI is InChI=1S/C61H42/c1-61(2)57-27-15-14-22-49(57)50-33-32-44(38-58(50)61)46-35-34-45(47-20-8-9-21-48(46)47)40-28-30-41(31-29-40)59-51-23-10-12-25-53(51)60(54-26-13-11-24-52(54)59)56-37-43-19-7-6-18-42(43)36-55(56)39-16-4-3-5-17-39/h3-38H,1-2H3. The Morgan fingerprint density at radius 3 is 1.31 bits per heavy atom. The van der Waals surface area contributed by atoms with Gasteiger partial charge in [0.2, 0.25) is 0 Å². The van der Waals surface area contributed by atoms with E-state index in [0.29, 0.717) is 0 Å². The molecule has 0 aliphatic heterocycles. The Morgan fingerprint density at radius 2 is 0.672 bits per heavy atom. The average molecular weight is 775 g/mol. The molecular formula is C61H42. The van der Waals surface area contributed by atoms with Crippen LogP contribution in [0.2, 0.25) is 0 Å². The fourth-order valence-corrected chi connectivity index (χ4v) is 10.5. The predicted octanol–water partition coefficient (Wildman–Crippen LogP) is 16.9. The summed E-state index contributed by atoms with van der Waals surface area (Å²) in [6.07, 6.45) is 0. The van der Waals surface area contributed by atoms with Gasteiger partial charge in [0.1, 0.15) is 0 Å². The molecule has 0 nitrogen and oxygen atoms in total. The summed E-state index contributed by atoms with van der Waals surface area (Å²) in [6.45, 7) is 4.72. The Kier molecular flexibility index (Phi) is 7.99. The summed E-state index contributed by atoms with van der Waals surface area (Å²) in [7, 11) is 0. The molecule has 11 aromatic carbocycles. The predicted molar refractivity (Wildman–Crippen MR) is 261 cm³/mol. The molecule has 0 spiro atoms. The molecule has 0 N–H and O–H groups in total. The first-order chi connectivity index (χ1) is 30.0. The van der Waals surface area contributed by atoms with E-state index in [4.69, 9.17) is 0 Å². The van der Waals surface area contributed by atoms with Crippen LogP contribution in [0.5, 0.6) is 0 Å². The van der Waals surface area contributed by atoms with Gasteiger partial charge in [-0.2, -0.15) is 0 Å². The lowest BCUT2D eigenvalue weighted by Gasteiger charge is -2.22. The van der Waals surface area contributed by atoms with E-state index in [9.17, 15) is 0 Å². The number of hydrogen-bond donors (Lipinski definition) is 0. The Hall–Kier alpha value is -7.54. The van der Waals surface area contributed by atoms with Crippen molar-refractivity contribution in [3.05, 3.63) is 230 Å². The molecule has 0 saturated heterocycles. The molecule has 0 heterocycles. The van der Waals surface area contributed by atoms with Crippen LogP contribution in [0.3, 0.4) is 0 Å². The lowest BCUT2D eigenvalue weighted by molar-refractivity contribution is 0.660. The maximum atomic E-state index is 2.44. The number of hydrogen-bond acceptors (Lipinski definition) is 0. The second-order valence-electron chi connectivity index (χ2n) is 17.2. The van der Waals surface area contributed by atoms with E-state index in [2.05, 4.69) is 232 Å². The van der Waals surface area contributed by atoms with E-state index in [1.165, 1.54) is 121 Å². The highest BCUT2D eigenvalue weighted by molar-refractivity contribution is 6.23. The van der Waals surface area contributed by atoms with E-state index in [0.717, 1.165) is 0 Å². The van der Waals surface area contributed by atoms with Crippen LogP contribution >= 0.6 is 0 Å². The fraction of sp³-hybridized carbons (Fsp3) is 0.0492. The van der Waals surface area contributed by atoms with Crippen LogP contribution < -0.4 is 0 Å². The quantitative estimate of drug-likeness (QED) is 0.153. The summed E-state index contributed by atoms with van der Waals surface area (Å²) in [4.78, 5) is 0. The van der Waals surface area contributed by atoms with Crippen molar-refractivity contribution in [2.75, 3.05) is 0 Å². The van der Waals surface area contributed by atoms with E-state index in [1.54, 1.807) is 0 Å². The molecule has 0 amide bonds. The maximum Gasteiger partial charge on any atom is 0.0159 e. The van der Waals surface area contributed by atoms with Crippen LogP contribution in [0, 0.1) is 0 Å². The second kappa shape index (κ2) is 13.8. The fourth-order valence-electron chi connectivity index (χ4n) is 10.5. The minimum atomic E-state index is -0.0437. The summed E-state index contributed by atoms with van der Waals surface area (Å²) in [5.41, 5.74) is 17.9. The number of benzene rings is 11. The molecule has 0 heteroatoms. The topological polar surface area (TPSA) is 0 Å². The molecule has 0 radical (unpaired) electrons. The maximum absolute atomic E-state index is 2.44. The van der Waals surface area contributed by atoms with Gasteiger partial charge < -0.3 is 0 Å². The van der Waals surface area contributed by atoms with Crippen LogP contribution in [0.25, 0.3) is 110 Å².